The van der Waals surface area contributed by atoms with E-state index in [1.807, 2.05) is 0 Å². The minimum absolute atomic E-state index is 0. The Morgan fingerprint density at radius 3 is 0.800 bits per heavy atom. The zero-order chi connectivity index (χ0) is 11.3. The average Bonchev–Trinajstić information content (AvgIpc) is 2.01. The minimum atomic E-state index is -4.67. The Labute approximate surface area is 94.2 Å². The molecule has 0 aliphatic carbocycles. The number of hydrogen-bond acceptors (Lipinski definition) is 4. The van der Waals surface area contributed by atoms with Crippen LogP contribution in [0.4, 0.5) is 0 Å². The first-order valence-electron chi connectivity index (χ1n) is 4.53. The van der Waals surface area contributed by atoms with Gasteiger partial charge in [-0.3, -0.25) is 9.11 Å². The SMILES string of the molecule is CCCC.CCCC.N.N.O=S(=O)(O)O. The molecule has 0 aromatic heterocycles. The van der Waals surface area contributed by atoms with E-state index >= 15 is 0 Å². The van der Waals surface area contributed by atoms with Gasteiger partial charge in [-0.25, -0.2) is 0 Å². The van der Waals surface area contributed by atoms with E-state index in [4.69, 9.17) is 17.5 Å². The molecule has 0 saturated heterocycles. The molecule has 0 amide bonds. The quantitative estimate of drug-likeness (QED) is 0.552. The molecule has 0 fully saturated rings. The third-order valence-corrected chi connectivity index (χ3v) is 1.000. The Kier molecular flexibility index (Phi) is 46.0. The molecule has 100 valence electrons. The molecule has 0 bridgehead atoms. The van der Waals surface area contributed by atoms with Crippen LogP contribution in [0.3, 0.4) is 0 Å². The Morgan fingerprint density at radius 1 is 0.733 bits per heavy atom. The highest BCUT2D eigenvalue weighted by Gasteiger charge is 1.84. The topological polar surface area (TPSA) is 145 Å². The predicted octanol–water partition coefficient (Wildman–Crippen LogP) is 3.28. The summed E-state index contributed by atoms with van der Waals surface area (Å²) in [6.07, 6.45) is 5.28. The average molecular weight is 248 g/mol. The Morgan fingerprint density at radius 2 is 0.800 bits per heavy atom. The molecule has 15 heavy (non-hydrogen) atoms. The van der Waals surface area contributed by atoms with E-state index in [1.54, 1.807) is 0 Å². The molecule has 0 rings (SSSR count). The fourth-order valence-electron chi connectivity index (χ4n) is 0. The monoisotopic (exact) mass is 248 g/mol. The van der Waals surface area contributed by atoms with E-state index < -0.39 is 10.4 Å². The summed E-state index contributed by atoms with van der Waals surface area (Å²) in [6, 6.07) is 0. The molecule has 0 spiro atoms. The van der Waals surface area contributed by atoms with Gasteiger partial charge in [-0.05, 0) is 0 Å². The summed E-state index contributed by atoms with van der Waals surface area (Å²) in [5.74, 6) is 0. The van der Waals surface area contributed by atoms with Crippen molar-refractivity contribution in [3.63, 3.8) is 0 Å². The van der Waals surface area contributed by atoms with Crippen LogP contribution in [0, 0.1) is 0 Å². The molecule has 0 aliphatic rings. The van der Waals surface area contributed by atoms with Gasteiger partial charge in [-0.15, -0.1) is 0 Å². The Hall–Kier alpha value is -0.210. The number of hydrogen-bond donors (Lipinski definition) is 4. The molecule has 8 N–H and O–H groups in total. The lowest BCUT2D eigenvalue weighted by atomic mass is 10.4. The molecule has 0 aromatic carbocycles. The summed E-state index contributed by atoms with van der Waals surface area (Å²) in [5.41, 5.74) is 0. The van der Waals surface area contributed by atoms with Crippen molar-refractivity contribution in [3.8, 4) is 0 Å². The zero-order valence-corrected chi connectivity index (χ0v) is 11.2. The van der Waals surface area contributed by atoms with Gasteiger partial charge in [0.25, 0.3) is 0 Å². The van der Waals surface area contributed by atoms with Crippen LogP contribution < -0.4 is 12.3 Å². The van der Waals surface area contributed by atoms with Gasteiger partial charge in [0.05, 0.1) is 0 Å². The second-order valence-corrected chi connectivity index (χ2v) is 3.34. The van der Waals surface area contributed by atoms with Gasteiger partial charge in [0.1, 0.15) is 0 Å². The third-order valence-electron chi connectivity index (χ3n) is 1.000. The molecule has 0 aromatic rings. The standard InChI is InChI=1S/2C4H10.2H3N.H2O4S/c2*1-3-4-2;;;1-5(2,3)4/h2*3-4H2,1-2H3;2*1H3;(H2,1,2,3,4). The van der Waals surface area contributed by atoms with Crippen LogP contribution in [-0.2, 0) is 10.4 Å². The fourth-order valence-corrected chi connectivity index (χ4v) is 0. The lowest BCUT2D eigenvalue weighted by molar-refractivity contribution is 0.381. The van der Waals surface area contributed by atoms with Gasteiger partial charge in [-0.1, -0.05) is 53.4 Å². The second kappa shape index (κ2) is 23.5. The van der Waals surface area contributed by atoms with Crippen molar-refractivity contribution in [2.24, 2.45) is 0 Å². The largest absolute Gasteiger partial charge is 0.394 e. The molecule has 0 aliphatic heterocycles. The van der Waals surface area contributed by atoms with Crippen molar-refractivity contribution < 1.29 is 17.5 Å². The van der Waals surface area contributed by atoms with Gasteiger partial charge in [0.2, 0.25) is 0 Å². The van der Waals surface area contributed by atoms with Crippen LogP contribution in [0.5, 0.6) is 0 Å². The first-order valence-corrected chi connectivity index (χ1v) is 5.92. The van der Waals surface area contributed by atoms with E-state index in [-0.39, 0.29) is 12.3 Å². The summed E-state index contributed by atoms with van der Waals surface area (Å²) in [6.45, 7) is 8.72. The summed E-state index contributed by atoms with van der Waals surface area (Å²) in [4.78, 5) is 0. The van der Waals surface area contributed by atoms with Crippen molar-refractivity contribution in [1.82, 2.24) is 12.3 Å². The summed E-state index contributed by atoms with van der Waals surface area (Å²) in [5, 5.41) is 0. The van der Waals surface area contributed by atoms with Crippen LogP contribution in [0.2, 0.25) is 0 Å². The molecule has 0 unspecified atom stereocenters. The number of rotatable bonds is 2. The molecular weight excluding hydrogens is 220 g/mol. The molecule has 0 heterocycles. The molecule has 0 atom stereocenters. The fraction of sp³-hybridized carbons (Fsp3) is 1.00. The predicted molar refractivity (Wildman–Crippen MR) is 65.4 cm³/mol. The molecule has 0 saturated carbocycles. The van der Waals surface area contributed by atoms with E-state index in [0.717, 1.165) is 0 Å². The van der Waals surface area contributed by atoms with Crippen molar-refractivity contribution in [1.29, 1.82) is 0 Å². The Balaban J connectivity index is -0.0000000315. The Bertz CT molecular complexity index is 144. The van der Waals surface area contributed by atoms with Crippen molar-refractivity contribution in [2.45, 2.75) is 53.4 Å². The van der Waals surface area contributed by atoms with Crippen molar-refractivity contribution in [2.75, 3.05) is 0 Å². The maximum atomic E-state index is 8.74. The van der Waals surface area contributed by atoms with E-state index in [1.165, 1.54) is 25.7 Å². The lowest BCUT2D eigenvalue weighted by Gasteiger charge is -1.68. The summed E-state index contributed by atoms with van der Waals surface area (Å²) < 4.78 is 31.6. The van der Waals surface area contributed by atoms with E-state index in [2.05, 4.69) is 27.7 Å². The molecule has 0 radical (unpaired) electrons. The number of unbranched alkanes of at least 4 members (excludes halogenated alkanes) is 2. The minimum Gasteiger partial charge on any atom is -0.344 e. The van der Waals surface area contributed by atoms with Crippen molar-refractivity contribution in [3.05, 3.63) is 0 Å². The first-order chi connectivity index (χ1) is 5.83. The highest BCUT2D eigenvalue weighted by molar-refractivity contribution is 7.79. The van der Waals surface area contributed by atoms with E-state index in [9.17, 15) is 0 Å². The molecular formula is C8H28N2O4S. The lowest BCUT2D eigenvalue weighted by Crippen LogP contribution is -1.89. The van der Waals surface area contributed by atoms with Crippen LogP contribution in [0.25, 0.3) is 0 Å². The maximum absolute atomic E-state index is 8.74. The van der Waals surface area contributed by atoms with Crippen LogP contribution in [0.1, 0.15) is 53.4 Å². The smallest absolute Gasteiger partial charge is 0.344 e. The molecule has 7 heteroatoms. The first kappa shape index (κ1) is 29.3. The van der Waals surface area contributed by atoms with Crippen molar-refractivity contribution >= 4 is 10.4 Å². The third kappa shape index (κ3) is 598. The van der Waals surface area contributed by atoms with E-state index in [0.29, 0.717) is 0 Å². The van der Waals surface area contributed by atoms with Gasteiger partial charge >= 0.3 is 10.4 Å². The van der Waals surface area contributed by atoms with Gasteiger partial charge in [0.15, 0.2) is 0 Å². The van der Waals surface area contributed by atoms with Gasteiger partial charge < -0.3 is 12.3 Å². The highest BCUT2D eigenvalue weighted by Crippen LogP contribution is 1.77. The summed E-state index contributed by atoms with van der Waals surface area (Å²) in [7, 11) is -4.67. The summed E-state index contributed by atoms with van der Waals surface area (Å²) >= 11 is 0. The highest BCUT2D eigenvalue weighted by atomic mass is 32.3. The van der Waals surface area contributed by atoms with Gasteiger partial charge in [0, 0.05) is 0 Å². The van der Waals surface area contributed by atoms with Crippen LogP contribution in [-0.4, -0.2) is 17.5 Å². The zero-order valence-electron chi connectivity index (χ0n) is 10.4. The van der Waals surface area contributed by atoms with Crippen LogP contribution in [0.15, 0.2) is 0 Å². The second-order valence-electron chi connectivity index (χ2n) is 2.45. The normalized spacial score (nSPS) is 7.87. The maximum Gasteiger partial charge on any atom is 0.394 e. The molecule has 6 nitrogen and oxygen atoms in total. The van der Waals surface area contributed by atoms with Crippen LogP contribution >= 0.6 is 0 Å². The van der Waals surface area contributed by atoms with Gasteiger partial charge in [-0.2, -0.15) is 8.42 Å².